The Morgan fingerprint density at radius 3 is 2.70 bits per heavy atom. The molecule has 2 rings (SSSR count). The molecular weight excluding hydrogens is 294 g/mol. The highest BCUT2D eigenvalue weighted by Gasteiger charge is 2.04. The van der Waals surface area contributed by atoms with Gasteiger partial charge in [0.1, 0.15) is 9.34 Å². The first-order valence-corrected chi connectivity index (χ1v) is 7.50. The van der Waals surface area contributed by atoms with Crippen molar-refractivity contribution in [2.45, 2.75) is 13.5 Å². The fourth-order valence-corrected chi connectivity index (χ4v) is 2.56. The van der Waals surface area contributed by atoms with E-state index in [0.717, 1.165) is 10.6 Å². The third-order valence-corrected chi connectivity index (χ3v) is 3.82. The van der Waals surface area contributed by atoms with Gasteiger partial charge in [-0.2, -0.15) is 0 Å². The number of halogens is 1. The monoisotopic (exact) mass is 309 g/mol. The van der Waals surface area contributed by atoms with E-state index >= 15 is 0 Å². The van der Waals surface area contributed by atoms with E-state index in [1.54, 1.807) is 6.20 Å². The van der Waals surface area contributed by atoms with E-state index in [4.69, 9.17) is 11.6 Å². The largest absolute Gasteiger partial charge is 0.351 e. The highest BCUT2D eigenvalue weighted by molar-refractivity contribution is 7.15. The maximum Gasteiger partial charge on any atom is 0.251 e. The maximum absolute atomic E-state index is 11.8. The Bertz CT molecular complexity index is 568. The van der Waals surface area contributed by atoms with Crippen LogP contribution in [0.1, 0.15) is 20.9 Å². The molecule has 0 saturated heterocycles. The molecule has 0 spiro atoms. The molecule has 0 fully saturated rings. The standard InChI is InChI=1S/C14H16ClN3OS/c1-10-2-4-11(5-3-10)14(19)17-7-6-16-9-13-18-8-12(15)20-13/h2-5,8,16H,6-7,9H2,1H3,(H,17,19). The second-order valence-electron chi connectivity index (χ2n) is 4.36. The Morgan fingerprint density at radius 2 is 2.05 bits per heavy atom. The van der Waals surface area contributed by atoms with E-state index in [-0.39, 0.29) is 5.91 Å². The molecule has 0 bridgehead atoms. The highest BCUT2D eigenvalue weighted by Crippen LogP contribution is 2.17. The second kappa shape index (κ2) is 7.38. The number of hydrogen-bond donors (Lipinski definition) is 2. The van der Waals surface area contributed by atoms with Crippen molar-refractivity contribution >= 4 is 28.8 Å². The van der Waals surface area contributed by atoms with Gasteiger partial charge in [-0.15, -0.1) is 11.3 Å². The van der Waals surface area contributed by atoms with E-state index in [1.807, 2.05) is 31.2 Å². The Labute approximate surface area is 127 Å². The van der Waals surface area contributed by atoms with Gasteiger partial charge >= 0.3 is 0 Å². The molecule has 106 valence electrons. The van der Waals surface area contributed by atoms with Crippen LogP contribution in [-0.4, -0.2) is 24.0 Å². The van der Waals surface area contributed by atoms with Crippen molar-refractivity contribution in [3.05, 3.63) is 50.9 Å². The molecule has 0 radical (unpaired) electrons. The summed E-state index contributed by atoms with van der Waals surface area (Å²) in [6.07, 6.45) is 1.64. The molecular formula is C14H16ClN3OS. The van der Waals surface area contributed by atoms with Crippen molar-refractivity contribution in [2.75, 3.05) is 13.1 Å². The van der Waals surface area contributed by atoms with E-state index in [1.165, 1.54) is 11.3 Å². The number of rotatable bonds is 6. The molecule has 0 aliphatic rings. The fourth-order valence-electron chi connectivity index (χ4n) is 1.64. The smallest absolute Gasteiger partial charge is 0.251 e. The summed E-state index contributed by atoms with van der Waals surface area (Å²) in [5.41, 5.74) is 1.83. The zero-order chi connectivity index (χ0) is 14.4. The van der Waals surface area contributed by atoms with Gasteiger partial charge in [0.05, 0.1) is 6.20 Å². The second-order valence-corrected chi connectivity index (χ2v) is 6.10. The Morgan fingerprint density at radius 1 is 1.30 bits per heavy atom. The Kier molecular flexibility index (Phi) is 5.52. The number of thiazole rings is 1. The highest BCUT2D eigenvalue weighted by atomic mass is 35.5. The Hall–Kier alpha value is -1.43. The lowest BCUT2D eigenvalue weighted by molar-refractivity contribution is 0.0954. The summed E-state index contributed by atoms with van der Waals surface area (Å²) in [6, 6.07) is 7.52. The minimum atomic E-state index is -0.0518. The molecule has 0 aliphatic carbocycles. The molecule has 0 atom stereocenters. The number of aryl methyl sites for hydroxylation is 1. The first kappa shape index (κ1) is 15.0. The number of hydrogen-bond acceptors (Lipinski definition) is 4. The summed E-state index contributed by atoms with van der Waals surface area (Å²) in [7, 11) is 0. The number of amides is 1. The predicted octanol–water partition coefficient (Wildman–Crippen LogP) is 2.62. The van der Waals surface area contributed by atoms with Gasteiger partial charge in [-0.3, -0.25) is 4.79 Å². The van der Waals surface area contributed by atoms with Gasteiger partial charge in [-0.1, -0.05) is 29.3 Å². The minimum absolute atomic E-state index is 0.0518. The van der Waals surface area contributed by atoms with Gasteiger partial charge in [0.2, 0.25) is 0 Å². The lowest BCUT2D eigenvalue weighted by Crippen LogP contribution is -2.31. The fraction of sp³-hybridized carbons (Fsp3) is 0.286. The summed E-state index contributed by atoms with van der Waals surface area (Å²) in [6.45, 7) is 3.93. The molecule has 2 N–H and O–H groups in total. The molecule has 1 heterocycles. The van der Waals surface area contributed by atoms with Gasteiger partial charge in [0.25, 0.3) is 5.91 Å². The molecule has 20 heavy (non-hydrogen) atoms. The van der Waals surface area contributed by atoms with Crippen molar-refractivity contribution in [1.29, 1.82) is 0 Å². The first-order chi connectivity index (χ1) is 9.65. The van der Waals surface area contributed by atoms with Crippen LogP contribution in [0.2, 0.25) is 4.34 Å². The summed E-state index contributed by atoms with van der Waals surface area (Å²) in [4.78, 5) is 16.0. The average molecular weight is 310 g/mol. The van der Waals surface area contributed by atoms with Crippen molar-refractivity contribution in [3.63, 3.8) is 0 Å². The molecule has 1 amide bonds. The van der Waals surface area contributed by atoms with Crippen LogP contribution in [0, 0.1) is 6.92 Å². The van der Waals surface area contributed by atoms with Gasteiger partial charge < -0.3 is 10.6 Å². The van der Waals surface area contributed by atoms with Gasteiger partial charge in [0, 0.05) is 25.2 Å². The molecule has 2 aromatic rings. The number of carbonyl (C=O) groups excluding carboxylic acids is 1. The molecule has 4 nitrogen and oxygen atoms in total. The van der Waals surface area contributed by atoms with E-state index in [9.17, 15) is 4.79 Å². The van der Waals surface area contributed by atoms with Crippen LogP contribution in [-0.2, 0) is 6.54 Å². The number of nitrogens with one attached hydrogen (secondary N) is 2. The average Bonchev–Trinajstić information content (AvgIpc) is 2.84. The van der Waals surface area contributed by atoms with Crippen LogP contribution in [0.15, 0.2) is 30.5 Å². The summed E-state index contributed by atoms with van der Waals surface area (Å²) in [5, 5.41) is 7.02. The zero-order valence-corrected chi connectivity index (χ0v) is 12.7. The topological polar surface area (TPSA) is 54.0 Å². The number of nitrogens with zero attached hydrogens (tertiary/aromatic N) is 1. The van der Waals surface area contributed by atoms with Crippen LogP contribution in [0.5, 0.6) is 0 Å². The number of aromatic nitrogens is 1. The lowest BCUT2D eigenvalue weighted by atomic mass is 10.1. The maximum atomic E-state index is 11.8. The molecule has 1 aromatic heterocycles. The quantitative estimate of drug-likeness (QED) is 0.807. The molecule has 0 saturated carbocycles. The van der Waals surface area contributed by atoms with Gasteiger partial charge in [-0.25, -0.2) is 4.98 Å². The number of benzene rings is 1. The van der Waals surface area contributed by atoms with Gasteiger partial charge in [0.15, 0.2) is 0 Å². The zero-order valence-electron chi connectivity index (χ0n) is 11.1. The van der Waals surface area contributed by atoms with Crippen molar-refractivity contribution in [1.82, 2.24) is 15.6 Å². The normalized spacial score (nSPS) is 10.5. The molecule has 6 heteroatoms. The van der Waals surface area contributed by atoms with E-state index in [2.05, 4.69) is 15.6 Å². The first-order valence-electron chi connectivity index (χ1n) is 6.31. The Balaban J connectivity index is 1.65. The van der Waals surface area contributed by atoms with E-state index < -0.39 is 0 Å². The van der Waals surface area contributed by atoms with Crippen LogP contribution >= 0.6 is 22.9 Å². The van der Waals surface area contributed by atoms with Crippen LogP contribution in [0.4, 0.5) is 0 Å². The third kappa shape index (κ3) is 4.59. The summed E-state index contributed by atoms with van der Waals surface area (Å²) in [5.74, 6) is -0.0518. The van der Waals surface area contributed by atoms with Crippen molar-refractivity contribution < 1.29 is 4.79 Å². The van der Waals surface area contributed by atoms with Crippen LogP contribution in [0.25, 0.3) is 0 Å². The summed E-state index contributed by atoms with van der Waals surface area (Å²) >= 11 is 7.25. The molecule has 0 unspecified atom stereocenters. The lowest BCUT2D eigenvalue weighted by Gasteiger charge is -2.06. The van der Waals surface area contributed by atoms with Crippen LogP contribution in [0.3, 0.4) is 0 Å². The SMILES string of the molecule is Cc1ccc(C(=O)NCCNCc2ncc(Cl)s2)cc1. The van der Waals surface area contributed by atoms with Crippen LogP contribution < -0.4 is 10.6 Å². The van der Waals surface area contributed by atoms with E-state index in [0.29, 0.717) is 29.5 Å². The third-order valence-electron chi connectivity index (χ3n) is 2.70. The molecule has 0 aliphatic heterocycles. The predicted molar refractivity (Wildman–Crippen MR) is 82.3 cm³/mol. The molecule has 1 aromatic carbocycles. The number of carbonyl (C=O) groups is 1. The summed E-state index contributed by atoms with van der Waals surface area (Å²) < 4.78 is 0.689. The van der Waals surface area contributed by atoms with Gasteiger partial charge in [-0.05, 0) is 19.1 Å². The van der Waals surface area contributed by atoms with Crippen molar-refractivity contribution in [3.8, 4) is 0 Å². The minimum Gasteiger partial charge on any atom is -0.351 e. The van der Waals surface area contributed by atoms with Crippen molar-refractivity contribution in [2.24, 2.45) is 0 Å².